The molecule has 30 heavy (non-hydrogen) atoms. The lowest BCUT2D eigenvalue weighted by molar-refractivity contribution is -0.132. The van der Waals surface area contributed by atoms with Gasteiger partial charge < -0.3 is 15.0 Å². The molecule has 2 aromatic rings. The van der Waals surface area contributed by atoms with Crippen LogP contribution in [0.2, 0.25) is 0 Å². The largest absolute Gasteiger partial charge is 0.492 e. The van der Waals surface area contributed by atoms with E-state index in [1.807, 2.05) is 30.3 Å². The standard InChI is InChI=1S/C22H23F2N3O3/c23-18-7-6-15(12-19(18)24)21(29)17-13-25-9-8-22(17)26-14-20(28)27(22)10-11-30-16-4-2-1-3-5-16/h1-7,12,17,25-26H,8-11,13-14H2. The van der Waals surface area contributed by atoms with Crippen LogP contribution in [0.4, 0.5) is 8.78 Å². The summed E-state index contributed by atoms with van der Waals surface area (Å²) in [4.78, 5) is 27.6. The van der Waals surface area contributed by atoms with Crippen LogP contribution in [0.3, 0.4) is 0 Å². The van der Waals surface area contributed by atoms with Gasteiger partial charge in [-0.3, -0.25) is 14.9 Å². The second-order valence-corrected chi connectivity index (χ2v) is 7.48. The molecule has 8 heteroatoms. The fraction of sp³-hybridized carbons (Fsp3) is 0.364. The van der Waals surface area contributed by atoms with Crippen LogP contribution in [0.1, 0.15) is 16.8 Å². The summed E-state index contributed by atoms with van der Waals surface area (Å²) < 4.78 is 32.8. The van der Waals surface area contributed by atoms with Crippen LogP contribution in [-0.2, 0) is 4.79 Å². The van der Waals surface area contributed by atoms with Gasteiger partial charge in [0.15, 0.2) is 17.4 Å². The van der Waals surface area contributed by atoms with Crippen molar-refractivity contribution in [1.29, 1.82) is 0 Å². The van der Waals surface area contributed by atoms with Gasteiger partial charge in [-0.1, -0.05) is 18.2 Å². The molecule has 0 aromatic heterocycles. The van der Waals surface area contributed by atoms with E-state index in [9.17, 15) is 18.4 Å². The van der Waals surface area contributed by atoms with E-state index < -0.39 is 23.2 Å². The second kappa shape index (κ2) is 8.49. The van der Waals surface area contributed by atoms with Crippen molar-refractivity contribution in [2.45, 2.75) is 12.1 Å². The van der Waals surface area contributed by atoms with Crippen molar-refractivity contribution in [2.24, 2.45) is 5.92 Å². The summed E-state index contributed by atoms with van der Waals surface area (Å²) in [5.41, 5.74) is -0.798. The first-order valence-electron chi connectivity index (χ1n) is 9.94. The maximum Gasteiger partial charge on any atom is 0.238 e. The van der Waals surface area contributed by atoms with Gasteiger partial charge in [-0.25, -0.2) is 8.78 Å². The highest BCUT2D eigenvalue weighted by Gasteiger charge is 2.53. The van der Waals surface area contributed by atoms with E-state index in [1.165, 1.54) is 6.07 Å². The fourth-order valence-electron chi connectivity index (χ4n) is 4.30. The number of Topliss-reactive ketones (excluding diaryl/α,β-unsaturated/α-hetero) is 1. The number of piperidine rings is 1. The number of hydrogen-bond acceptors (Lipinski definition) is 5. The Morgan fingerprint density at radius 2 is 1.97 bits per heavy atom. The molecule has 1 amide bonds. The summed E-state index contributed by atoms with van der Waals surface area (Å²) in [5.74, 6) is -2.46. The van der Waals surface area contributed by atoms with Crippen LogP contribution in [0.5, 0.6) is 5.75 Å². The van der Waals surface area contributed by atoms with Crippen molar-refractivity contribution < 1.29 is 23.1 Å². The molecule has 2 aliphatic rings. The third kappa shape index (κ3) is 3.80. The summed E-state index contributed by atoms with van der Waals surface area (Å²) in [5, 5.41) is 6.42. The van der Waals surface area contributed by atoms with Crippen molar-refractivity contribution in [3.05, 3.63) is 65.7 Å². The molecule has 158 valence electrons. The summed E-state index contributed by atoms with van der Waals surface area (Å²) in [6.07, 6.45) is 0.518. The molecule has 2 N–H and O–H groups in total. The van der Waals surface area contributed by atoms with Gasteiger partial charge in [0.05, 0.1) is 19.0 Å². The number of nitrogens with zero attached hydrogens (tertiary/aromatic N) is 1. The van der Waals surface area contributed by atoms with Crippen molar-refractivity contribution >= 4 is 11.7 Å². The van der Waals surface area contributed by atoms with Crippen LogP contribution in [0.25, 0.3) is 0 Å². The smallest absolute Gasteiger partial charge is 0.238 e. The molecule has 0 saturated carbocycles. The topological polar surface area (TPSA) is 70.7 Å². The van der Waals surface area contributed by atoms with Crippen molar-refractivity contribution in [2.75, 3.05) is 32.8 Å². The molecular formula is C22H23F2N3O3. The normalized spacial score (nSPS) is 23.7. The zero-order chi connectivity index (χ0) is 21.1. The number of halogens is 2. The maximum absolute atomic E-state index is 13.7. The molecule has 2 saturated heterocycles. The molecule has 4 rings (SSSR count). The Bertz CT molecular complexity index is 940. The minimum Gasteiger partial charge on any atom is -0.492 e. The molecule has 2 fully saturated rings. The first kappa shape index (κ1) is 20.4. The van der Waals surface area contributed by atoms with Gasteiger partial charge in [-0.15, -0.1) is 0 Å². The van der Waals surface area contributed by atoms with E-state index >= 15 is 0 Å². The first-order chi connectivity index (χ1) is 14.5. The Balaban J connectivity index is 1.55. The number of ether oxygens (including phenoxy) is 1. The third-order valence-electron chi connectivity index (χ3n) is 5.78. The van der Waals surface area contributed by atoms with Gasteiger partial charge >= 0.3 is 0 Å². The fourth-order valence-corrected chi connectivity index (χ4v) is 4.30. The lowest BCUT2D eigenvalue weighted by Gasteiger charge is -2.46. The van der Waals surface area contributed by atoms with E-state index in [1.54, 1.807) is 4.90 Å². The zero-order valence-electron chi connectivity index (χ0n) is 16.4. The summed E-state index contributed by atoms with van der Waals surface area (Å²) in [6.45, 7) is 1.65. The van der Waals surface area contributed by atoms with Crippen molar-refractivity contribution in [1.82, 2.24) is 15.5 Å². The predicted molar refractivity (Wildman–Crippen MR) is 106 cm³/mol. The predicted octanol–water partition coefficient (Wildman–Crippen LogP) is 1.96. The van der Waals surface area contributed by atoms with Gasteiger partial charge in [0.25, 0.3) is 0 Å². The van der Waals surface area contributed by atoms with E-state index in [-0.39, 0.29) is 30.4 Å². The number of carbonyl (C=O) groups is 2. The number of para-hydroxylation sites is 1. The van der Waals surface area contributed by atoms with Gasteiger partial charge in [-0.05, 0) is 43.3 Å². The molecule has 2 atom stereocenters. The van der Waals surface area contributed by atoms with E-state index in [4.69, 9.17) is 4.74 Å². The highest BCUT2D eigenvalue weighted by Crippen LogP contribution is 2.34. The third-order valence-corrected chi connectivity index (χ3v) is 5.78. The lowest BCUT2D eigenvalue weighted by atomic mass is 9.80. The maximum atomic E-state index is 13.7. The van der Waals surface area contributed by atoms with Crippen LogP contribution >= 0.6 is 0 Å². The molecule has 2 unspecified atom stereocenters. The number of hydrogen-bond donors (Lipinski definition) is 2. The highest BCUT2D eigenvalue weighted by molar-refractivity contribution is 5.99. The molecule has 1 spiro atoms. The van der Waals surface area contributed by atoms with Crippen LogP contribution < -0.4 is 15.4 Å². The van der Waals surface area contributed by atoms with E-state index in [0.717, 1.165) is 12.1 Å². The highest BCUT2D eigenvalue weighted by atomic mass is 19.2. The molecular weight excluding hydrogens is 392 g/mol. The van der Waals surface area contributed by atoms with Gasteiger partial charge in [-0.2, -0.15) is 0 Å². The number of amides is 1. The molecule has 2 aromatic carbocycles. The van der Waals surface area contributed by atoms with Gasteiger partial charge in [0, 0.05) is 12.1 Å². The van der Waals surface area contributed by atoms with Crippen molar-refractivity contribution in [3.63, 3.8) is 0 Å². The number of rotatable bonds is 6. The van der Waals surface area contributed by atoms with Gasteiger partial charge in [0.2, 0.25) is 5.91 Å². The molecule has 2 aliphatic heterocycles. The summed E-state index contributed by atoms with van der Waals surface area (Å²) in [7, 11) is 0. The quantitative estimate of drug-likeness (QED) is 0.706. The van der Waals surface area contributed by atoms with Crippen LogP contribution in [-0.4, -0.2) is 55.0 Å². The number of benzene rings is 2. The molecule has 0 aliphatic carbocycles. The minimum atomic E-state index is -1.07. The first-order valence-corrected chi connectivity index (χ1v) is 9.94. The number of ketones is 1. The van der Waals surface area contributed by atoms with Crippen molar-refractivity contribution in [3.8, 4) is 5.75 Å². The number of nitrogens with one attached hydrogen (secondary N) is 2. The SMILES string of the molecule is O=C(c1ccc(F)c(F)c1)C1CNCCC12NCC(=O)N2CCOc1ccccc1. The summed E-state index contributed by atoms with van der Waals surface area (Å²) in [6, 6.07) is 12.4. The lowest BCUT2D eigenvalue weighted by Crippen LogP contribution is -2.66. The van der Waals surface area contributed by atoms with Crippen LogP contribution in [0.15, 0.2) is 48.5 Å². The monoisotopic (exact) mass is 415 g/mol. The second-order valence-electron chi connectivity index (χ2n) is 7.48. The Labute approximate surface area is 173 Å². The molecule has 6 nitrogen and oxygen atoms in total. The number of carbonyl (C=O) groups excluding carboxylic acids is 2. The Morgan fingerprint density at radius 1 is 1.17 bits per heavy atom. The Hall–Kier alpha value is -2.84. The Kier molecular flexibility index (Phi) is 5.78. The molecule has 0 radical (unpaired) electrons. The van der Waals surface area contributed by atoms with Crippen LogP contribution in [0, 0.1) is 17.6 Å². The average molecular weight is 415 g/mol. The van der Waals surface area contributed by atoms with Gasteiger partial charge in [0.1, 0.15) is 18.0 Å². The average Bonchev–Trinajstić information content (AvgIpc) is 3.06. The minimum absolute atomic E-state index is 0.0867. The van der Waals surface area contributed by atoms with E-state index in [0.29, 0.717) is 31.8 Å². The molecule has 0 bridgehead atoms. The Morgan fingerprint density at radius 3 is 2.73 bits per heavy atom. The zero-order valence-corrected chi connectivity index (χ0v) is 16.4. The molecule has 2 heterocycles. The summed E-state index contributed by atoms with van der Waals surface area (Å²) >= 11 is 0. The van der Waals surface area contributed by atoms with E-state index in [2.05, 4.69) is 10.6 Å².